The average molecular weight is 331 g/mol. The number of aliphatic hydroxyl groups excluding tert-OH is 2. The molecule has 5 aliphatic rings. The number of rotatable bonds is 0. The van der Waals surface area contributed by atoms with Crippen molar-refractivity contribution in [1.29, 1.82) is 0 Å². The molecule has 1 heterocycles. The Labute approximate surface area is 144 Å². The number of fused-ring (bicyclic) bond motifs is 7. The van der Waals surface area contributed by atoms with Crippen LogP contribution in [0.1, 0.15) is 58.8 Å². The van der Waals surface area contributed by atoms with Crippen LogP contribution in [0.4, 0.5) is 0 Å². The Hall–Kier alpha value is -0.870. The minimum Gasteiger partial charge on any atom is -0.393 e. The van der Waals surface area contributed by atoms with Gasteiger partial charge in [-0.1, -0.05) is 30.7 Å². The first-order chi connectivity index (χ1) is 11.4. The normalized spacial score (nSPS) is 55.5. The van der Waals surface area contributed by atoms with Gasteiger partial charge in [-0.15, -0.1) is 0 Å². The van der Waals surface area contributed by atoms with Crippen LogP contribution in [0, 0.1) is 34.5 Å². The second kappa shape index (κ2) is 4.85. The number of allylic oxidation sites excluding steroid dienone is 1. The van der Waals surface area contributed by atoms with E-state index < -0.39 is 6.29 Å². The van der Waals surface area contributed by atoms with Crippen LogP contribution in [0.25, 0.3) is 0 Å². The summed E-state index contributed by atoms with van der Waals surface area (Å²) < 4.78 is 0. The monoisotopic (exact) mass is 331 g/mol. The number of nitrogens with zero attached hydrogens (tertiary/aromatic N) is 1. The number of hydrogen-bond donors (Lipinski definition) is 2. The van der Waals surface area contributed by atoms with Gasteiger partial charge in [0.05, 0.1) is 17.7 Å². The Kier molecular flexibility index (Phi) is 3.11. The van der Waals surface area contributed by atoms with Gasteiger partial charge in [-0.2, -0.15) is 0 Å². The average Bonchev–Trinajstić information content (AvgIpc) is 3.06. The third kappa shape index (κ3) is 1.79. The lowest BCUT2D eigenvalue weighted by Crippen LogP contribution is -2.50. The molecule has 0 unspecified atom stereocenters. The van der Waals surface area contributed by atoms with Crippen LogP contribution in [-0.4, -0.2) is 28.3 Å². The van der Waals surface area contributed by atoms with Gasteiger partial charge >= 0.3 is 0 Å². The van der Waals surface area contributed by atoms with E-state index in [4.69, 9.17) is 4.84 Å². The second-order valence-electron chi connectivity index (χ2n) is 9.43. The molecule has 4 aliphatic carbocycles. The predicted octanol–water partition coefficient (Wildman–Crippen LogP) is 3.24. The molecule has 4 nitrogen and oxygen atoms in total. The molecule has 5 rings (SSSR count). The number of aliphatic hydroxyl groups is 2. The van der Waals surface area contributed by atoms with Gasteiger partial charge in [-0.05, 0) is 68.1 Å². The number of hydrogen-bond acceptors (Lipinski definition) is 4. The van der Waals surface area contributed by atoms with Crippen molar-refractivity contribution >= 4 is 5.71 Å². The molecule has 0 saturated heterocycles. The maximum Gasteiger partial charge on any atom is 0.232 e. The Balaban J connectivity index is 1.51. The Morgan fingerprint density at radius 2 is 1.92 bits per heavy atom. The van der Waals surface area contributed by atoms with Crippen molar-refractivity contribution in [3.63, 3.8) is 0 Å². The molecule has 0 aromatic rings. The highest BCUT2D eigenvalue weighted by Crippen LogP contribution is 2.65. The summed E-state index contributed by atoms with van der Waals surface area (Å²) in [5.41, 5.74) is 3.04. The lowest BCUT2D eigenvalue weighted by Gasteiger charge is -2.57. The first-order valence-corrected chi connectivity index (χ1v) is 9.73. The summed E-state index contributed by atoms with van der Waals surface area (Å²) in [6, 6.07) is 0. The van der Waals surface area contributed by atoms with Crippen molar-refractivity contribution in [3.05, 3.63) is 11.6 Å². The summed E-state index contributed by atoms with van der Waals surface area (Å²) >= 11 is 0. The maximum atomic E-state index is 10.1. The minimum atomic E-state index is -0.726. The molecule has 0 amide bonds. The molecule has 0 radical (unpaired) electrons. The molecule has 4 heteroatoms. The van der Waals surface area contributed by atoms with Crippen molar-refractivity contribution < 1.29 is 15.1 Å². The van der Waals surface area contributed by atoms with E-state index in [-0.39, 0.29) is 22.9 Å². The van der Waals surface area contributed by atoms with Crippen LogP contribution in [0.2, 0.25) is 0 Å². The molecule has 3 saturated carbocycles. The van der Waals surface area contributed by atoms with Gasteiger partial charge in [0, 0.05) is 5.41 Å². The second-order valence-corrected chi connectivity index (χ2v) is 9.43. The fraction of sp³-hybridized carbons (Fsp3) is 0.850. The topological polar surface area (TPSA) is 62.1 Å². The molecule has 132 valence electrons. The minimum absolute atomic E-state index is 0.110. The summed E-state index contributed by atoms with van der Waals surface area (Å²) in [5, 5.41) is 24.5. The van der Waals surface area contributed by atoms with Crippen molar-refractivity contribution in [2.75, 3.05) is 0 Å². The molecule has 0 aromatic carbocycles. The van der Waals surface area contributed by atoms with Crippen LogP contribution in [0.5, 0.6) is 0 Å². The summed E-state index contributed by atoms with van der Waals surface area (Å²) in [4.78, 5) is 5.19. The van der Waals surface area contributed by atoms with Gasteiger partial charge in [0.2, 0.25) is 6.29 Å². The fourth-order valence-electron chi connectivity index (χ4n) is 7.13. The van der Waals surface area contributed by atoms with Gasteiger partial charge in [-0.25, -0.2) is 0 Å². The van der Waals surface area contributed by atoms with E-state index in [1.807, 2.05) is 0 Å². The van der Waals surface area contributed by atoms with Crippen molar-refractivity contribution in [3.8, 4) is 0 Å². The van der Waals surface area contributed by atoms with Crippen LogP contribution < -0.4 is 0 Å². The number of oxime groups is 1. The molecule has 2 N–H and O–H groups in total. The third-order valence-electron chi connectivity index (χ3n) is 8.51. The van der Waals surface area contributed by atoms with E-state index in [9.17, 15) is 10.2 Å². The zero-order chi connectivity index (χ0) is 16.7. The first-order valence-electron chi connectivity index (χ1n) is 9.73. The highest BCUT2D eigenvalue weighted by Gasteiger charge is 2.62. The summed E-state index contributed by atoms with van der Waals surface area (Å²) in [5.74, 6) is 2.14. The SMILES string of the molecule is C[C@]12CC[C@H](O)CC1=CC[C@@H]1[C@@H]2CC[C@]2(C)C3=NO[C@H](O)[C@@H]3C[C@@H]12. The van der Waals surface area contributed by atoms with E-state index in [1.165, 1.54) is 12.0 Å². The van der Waals surface area contributed by atoms with E-state index in [0.717, 1.165) is 50.2 Å². The highest BCUT2D eigenvalue weighted by molar-refractivity contribution is 5.95. The lowest BCUT2D eigenvalue weighted by atomic mass is 9.48. The first kappa shape index (κ1) is 15.4. The molecule has 0 aromatic heterocycles. The molecule has 8 atom stereocenters. The fourth-order valence-corrected chi connectivity index (χ4v) is 7.13. The predicted molar refractivity (Wildman–Crippen MR) is 91.1 cm³/mol. The summed E-state index contributed by atoms with van der Waals surface area (Å²) in [6.07, 6.45) is 9.11. The highest BCUT2D eigenvalue weighted by atomic mass is 16.7. The Morgan fingerprint density at radius 1 is 1.12 bits per heavy atom. The quantitative estimate of drug-likeness (QED) is 0.670. The van der Waals surface area contributed by atoms with Crippen molar-refractivity contribution in [2.24, 2.45) is 39.7 Å². The van der Waals surface area contributed by atoms with E-state index in [2.05, 4.69) is 25.1 Å². The van der Waals surface area contributed by atoms with Gasteiger partial charge < -0.3 is 15.1 Å². The van der Waals surface area contributed by atoms with Crippen LogP contribution in [0.15, 0.2) is 16.8 Å². The molecule has 3 fully saturated rings. The maximum absolute atomic E-state index is 10.1. The zero-order valence-electron chi connectivity index (χ0n) is 14.7. The van der Waals surface area contributed by atoms with Gasteiger partial charge in [0.1, 0.15) is 0 Å². The smallest absolute Gasteiger partial charge is 0.232 e. The molecular weight excluding hydrogens is 302 g/mol. The van der Waals surface area contributed by atoms with Gasteiger partial charge in [0.25, 0.3) is 0 Å². The van der Waals surface area contributed by atoms with Gasteiger partial charge in [-0.3, -0.25) is 0 Å². The molecule has 0 spiro atoms. The van der Waals surface area contributed by atoms with Gasteiger partial charge in [0.15, 0.2) is 0 Å². The van der Waals surface area contributed by atoms with E-state index in [1.54, 1.807) is 0 Å². The summed E-state index contributed by atoms with van der Waals surface area (Å²) in [7, 11) is 0. The molecule has 0 bridgehead atoms. The van der Waals surface area contributed by atoms with Crippen LogP contribution >= 0.6 is 0 Å². The zero-order valence-corrected chi connectivity index (χ0v) is 14.7. The van der Waals surface area contributed by atoms with E-state index in [0.29, 0.717) is 11.8 Å². The molecule has 24 heavy (non-hydrogen) atoms. The van der Waals surface area contributed by atoms with Crippen molar-refractivity contribution in [2.45, 2.75) is 71.2 Å². The molecule has 1 aliphatic heterocycles. The Morgan fingerprint density at radius 3 is 2.75 bits per heavy atom. The van der Waals surface area contributed by atoms with Crippen LogP contribution in [-0.2, 0) is 4.84 Å². The summed E-state index contributed by atoms with van der Waals surface area (Å²) in [6.45, 7) is 4.82. The molecular formula is C20H29NO3. The Bertz CT molecular complexity index is 628. The van der Waals surface area contributed by atoms with Crippen LogP contribution in [0.3, 0.4) is 0 Å². The largest absolute Gasteiger partial charge is 0.393 e. The third-order valence-corrected chi connectivity index (χ3v) is 8.51. The lowest BCUT2D eigenvalue weighted by molar-refractivity contribution is -0.107. The van der Waals surface area contributed by atoms with Crippen molar-refractivity contribution in [1.82, 2.24) is 0 Å². The standard InChI is InChI=1S/C20H29NO3/c1-19-7-5-12(22)9-11(19)3-4-13-15(19)6-8-20(2)16(13)10-14-17(20)21-24-18(14)23/h3,12-16,18,22-23H,4-10H2,1-2H3/t12-,13+,14+,15-,16-,18-,19-,20-/m0/s1. The van der Waals surface area contributed by atoms with E-state index >= 15 is 0 Å².